The summed E-state index contributed by atoms with van der Waals surface area (Å²) in [6.45, 7) is 8.88. The van der Waals surface area contributed by atoms with Crippen LogP contribution in [0.4, 0.5) is 0 Å². The molecule has 1 fully saturated rings. The molecule has 0 bridgehead atoms. The summed E-state index contributed by atoms with van der Waals surface area (Å²) in [4.78, 5) is 33.6. The van der Waals surface area contributed by atoms with Crippen LogP contribution in [0.3, 0.4) is 0 Å². The molecule has 1 saturated heterocycles. The Balaban J connectivity index is 2.06. The number of likely N-dealkylation sites (tertiary alicyclic amines) is 1. The number of carbonyl (C=O) groups excluding carboxylic acids is 2. The quantitative estimate of drug-likeness (QED) is 0.444. The summed E-state index contributed by atoms with van der Waals surface area (Å²) >= 11 is 0. The van der Waals surface area contributed by atoms with Crippen molar-refractivity contribution in [1.82, 2.24) is 14.8 Å². The number of hydrogen-bond donors (Lipinski definition) is 1. The summed E-state index contributed by atoms with van der Waals surface area (Å²) in [6.07, 6.45) is 3.26. The Morgan fingerprint density at radius 3 is 2.28 bits per heavy atom. The molecule has 1 aromatic carbocycles. The number of aliphatic hydroxyl groups excluding tert-OH is 1. The molecule has 29 heavy (non-hydrogen) atoms. The first kappa shape index (κ1) is 20.7. The van der Waals surface area contributed by atoms with E-state index in [9.17, 15) is 14.7 Å². The minimum Gasteiger partial charge on any atom is -0.507 e. The Kier molecular flexibility index (Phi) is 6.44. The van der Waals surface area contributed by atoms with E-state index in [-0.39, 0.29) is 11.3 Å². The van der Waals surface area contributed by atoms with E-state index in [0.29, 0.717) is 18.7 Å². The summed E-state index contributed by atoms with van der Waals surface area (Å²) < 4.78 is 0. The van der Waals surface area contributed by atoms with Crippen molar-refractivity contribution < 1.29 is 14.7 Å². The van der Waals surface area contributed by atoms with Crippen molar-refractivity contribution in [3.8, 4) is 0 Å². The molecule has 152 valence electrons. The van der Waals surface area contributed by atoms with Crippen LogP contribution in [-0.2, 0) is 9.59 Å². The number of hydrogen-bond acceptors (Lipinski definition) is 5. The Labute approximate surface area is 171 Å². The molecule has 2 aromatic rings. The van der Waals surface area contributed by atoms with Crippen LogP contribution in [0, 0.1) is 6.92 Å². The van der Waals surface area contributed by atoms with Crippen molar-refractivity contribution >= 4 is 17.4 Å². The molecule has 0 saturated carbocycles. The predicted molar refractivity (Wildman–Crippen MR) is 112 cm³/mol. The summed E-state index contributed by atoms with van der Waals surface area (Å²) in [5.74, 6) is -1.37. The fourth-order valence-corrected chi connectivity index (χ4v) is 3.66. The van der Waals surface area contributed by atoms with Gasteiger partial charge >= 0.3 is 0 Å². The summed E-state index contributed by atoms with van der Waals surface area (Å²) in [5, 5.41) is 11.0. The van der Waals surface area contributed by atoms with Gasteiger partial charge in [0.15, 0.2) is 0 Å². The number of likely N-dealkylation sites (N-methyl/N-ethyl adjacent to an activating group) is 1. The van der Waals surface area contributed by atoms with Gasteiger partial charge in [-0.3, -0.25) is 14.6 Å². The number of rotatable bonds is 7. The molecule has 1 amide bonds. The monoisotopic (exact) mass is 393 g/mol. The van der Waals surface area contributed by atoms with Crippen molar-refractivity contribution in [3.05, 3.63) is 71.1 Å². The first-order valence-corrected chi connectivity index (χ1v) is 9.95. The zero-order valence-electron chi connectivity index (χ0n) is 17.1. The summed E-state index contributed by atoms with van der Waals surface area (Å²) in [5.41, 5.74) is 2.46. The maximum absolute atomic E-state index is 12.9. The lowest BCUT2D eigenvalue weighted by Crippen LogP contribution is -2.38. The largest absolute Gasteiger partial charge is 0.507 e. The lowest BCUT2D eigenvalue weighted by Gasteiger charge is -2.28. The number of pyridine rings is 1. The number of aliphatic hydroxyl groups is 1. The normalized spacial score (nSPS) is 18.6. The predicted octanol–water partition coefficient (Wildman–Crippen LogP) is 3.15. The van der Waals surface area contributed by atoms with Crippen LogP contribution < -0.4 is 0 Å². The van der Waals surface area contributed by atoms with Gasteiger partial charge in [-0.2, -0.15) is 0 Å². The third-order valence-corrected chi connectivity index (χ3v) is 5.44. The van der Waals surface area contributed by atoms with E-state index in [1.165, 1.54) is 0 Å². The first-order valence-electron chi connectivity index (χ1n) is 9.95. The molecule has 1 aliphatic heterocycles. The fraction of sp³-hybridized carbons (Fsp3) is 0.348. The highest BCUT2D eigenvalue weighted by atomic mass is 16.3. The van der Waals surface area contributed by atoms with Gasteiger partial charge in [-0.25, -0.2) is 0 Å². The van der Waals surface area contributed by atoms with Gasteiger partial charge in [-0.15, -0.1) is 0 Å². The molecule has 2 heterocycles. The number of amides is 1. The van der Waals surface area contributed by atoms with Gasteiger partial charge in [0, 0.05) is 31.0 Å². The van der Waals surface area contributed by atoms with E-state index < -0.39 is 17.7 Å². The second kappa shape index (κ2) is 9.01. The lowest BCUT2D eigenvalue weighted by molar-refractivity contribution is -0.140. The third-order valence-electron chi connectivity index (χ3n) is 5.44. The second-order valence-corrected chi connectivity index (χ2v) is 7.17. The van der Waals surface area contributed by atoms with Crippen LogP contribution in [0.15, 0.2) is 54.4 Å². The number of ketones is 1. The van der Waals surface area contributed by atoms with Crippen LogP contribution in [0.25, 0.3) is 5.76 Å². The van der Waals surface area contributed by atoms with Crippen LogP contribution in [0.1, 0.15) is 36.6 Å². The van der Waals surface area contributed by atoms with Crippen molar-refractivity contribution in [2.45, 2.75) is 26.8 Å². The van der Waals surface area contributed by atoms with E-state index >= 15 is 0 Å². The maximum atomic E-state index is 12.9. The number of aromatic nitrogens is 1. The van der Waals surface area contributed by atoms with E-state index in [1.54, 1.807) is 41.6 Å². The van der Waals surface area contributed by atoms with E-state index in [4.69, 9.17) is 0 Å². The zero-order chi connectivity index (χ0) is 21.0. The van der Waals surface area contributed by atoms with Crippen LogP contribution in [-0.4, -0.2) is 57.8 Å². The average molecular weight is 393 g/mol. The molecule has 1 aliphatic rings. The summed E-state index contributed by atoms with van der Waals surface area (Å²) in [7, 11) is 0. The Bertz CT molecular complexity index is 903. The Morgan fingerprint density at radius 1 is 1.07 bits per heavy atom. The molecule has 0 radical (unpaired) electrons. The number of aryl methyl sites for hydroxylation is 1. The van der Waals surface area contributed by atoms with Gasteiger partial charge in [0.1, 0.15) is 5.76 Å². The zero-order valence-corrected chi connectivity index (χ0v) is 17.1. The Hall–Kier alpha value is -2.99. The van der Waals surface area contributed by atoms with Crippen molar-refractivity contribution in [3.63, 3.8) is 0 Å². The van der Waals surface area contributed by atoms with Gasteiger partial charge in [0.05, 0.1) is 11.6 Å². The SMILES string of the molecule is CCN(CC)CCN1C(=O)C(=O)/C(=C(\O)c2ccc(C)cc2)C1c1ccncc1. The molecule has 1 N–H and O–H groups in total. The highest BCUT2D eigenvalue weighted by Gasteiger charge is 2.45. The standard InChI is InChI=1S/C23H27N3O3/c1-4-25(5-2)14-15-26-20(17-10-12-24-13-11-17)19(22(28)23(26)29)21(27)18-8-6-16(3)7-9-18/h6-13,20,27H,4-5,14-15H2,1-3H3/b21-19-. The molecule has 6 nitrogen and oxygen atoms in total. The Morgan fingerprint density at radius 2 is 1.69 bits per heavy atom. The molecule has 6 heteroatoms. The van der Waals surface area contributed by atoms with Gasteiger partial charge in [0.2, 0.25) is 0 Å². The highest BCUT2D eigenvalue weighted by molar-refractivity contribution is 6.46. The lowest BCUT2D eigenvalue weighted by atomic mass is 9.95. The number of carbonyl (C=O) groups is 2. The summed E-state index contributed by atoms with van der Waals surface area (Å²) in [6, 6.07) is 10.2. The minimum atomic E-state index is -0.649. The van der Waals surface area contributed by atoms with E-state index in [1.807, 2.05) is 19.1 Å². The van der Waals surface area contributed by atoms with Crippen molar-refractivity contribution in [1.29, 1.82) is 0 Å². The molecule has 1 atom stereocenters. The molecule has 1 aromatic heterocycles. The smallest absolute Gasteiger partial charge is 0.295 e. The highest BCUT2D eigenvalue weighted by Crippen LogP contribution is 2.39. The molecule has 0 aliphatic carbocycles. The van der Waals surface area contributed by atoms with E-state index in [0.717, 1.165) is 24.2 Å². The molecule has 0 spiro atoms. The van der Waals surface area contributed by atoms with E-state index in [2.05, 4.69) is 23.7 Å². The number of Topliss-reactive ketones (excluding diaryl/α,β-unsaturated/α-hetero) is 1. The van der Waals surface area contributed by atoms with Crippen LogP contribution in [0.2, 0.25) is 0 Å². The minimum absolute atomic E-state index is 0.129. The molecule has 3 rings (SSSR count). The molecular formula is C23H27N3O3. The fourth-order valence-electron chi connectivity index (χ4n) is 3.66. The number of nitrogens with zero attached hydrogens (tertiary/aromatic N) is 3. The average Bonchev–Trinajstić information content (AvgIpc) is 3.00. The van der Waals surface area contributed by atoms with Crippen molar-refractivity contribution in [2.75, 3.05) is 26.2 Å². The molecule has 1 unspecified atom stereocenters. The van der Waals surface area contributed by atoms with Gasteiger partial charge in [-0.05, 0) is 37.7 Å². The third kappa shape index (κ3) is 4.22. The van der Waals surface area contributed by atoms with Gasteiger partial charge in [-0.1, -0.05) is 43.7 Å². The maximum Gasteiger partial charge on any atom is 0.295 e. The van der Waals surface area contributed by atoms with Crippen LogP contribution >= 0.6 is 0 Å². The van der Waals surface area contributed by atoms with Crippen molar-refractivity contribution in [2.24, 2.45) is 0 Å². The molecular weight excluding hydrogens is 366 g/mol. The van der Waals surface area contributed by atoms with Gasteiger partial charge < -0.3 is 14.9 Å². The topological polar surface area (TPSA) is 73.7 Å². The van der Waals surface area contributed by atoms with Gasteiger partial charge in [0.25, 0.3) is 11.7 Å². The second-order valence-electron chi connectivity index (χ2n) is 7.17. The first-order chi connectivity index (χ1) is 14.0. The number of benzene rings is 1. The van der Waals surface area contributed by atoms with Crippen LogP contribution in [0.5, 0.6) is 0 Å².